The van der Waals surface area contributed by atoms with Crippen LogP contribution in [0.25, 0.3) is 10.9 Å². The van der Waals surface area contributed by atoms with Crippen LogP contribution in [-0.2, 0) is 0 Å². The van der Waals surface area contributed by atoms with Crippen molar-refractivity contribution in [3.63, 3.8) is 0 Å². The van der Waals surface area contributed by atoms with Crippen LogP contribution in [0.3, 0.4) is 0 Å². The lowest BCUT2D eigenvalue weighted by atomic mass is 10.2. The first-order chi connectivity index (χ1) is 7.11. The lowest BCUT2D eigenvalue weighted by molar-refractivity contribution is 0.220. The Hall–Kier alpha value is -1.29. The minimum Gasteiger partial charge on any atom is -0.330 e. The van der Waals surface area contributed by atoms with Crippen molar-refractivity contribution in [3.05, 3.63) is 34.9 Å². The van der Waals surface area contributed by atoms with Crippen LogP contribution >= 0.6 is 15.9 Å². The van der Waals surface area contributed by atoms with E-state index in [2.05, 4.69) is 15.9 Å². The zero-order valence-corrected chi connectivity index (χ0v) is 10.2. The standard InChI is InChI=1S/C11H11BrN2O/c1-13(2)11(15)14-7-6-8-9(12)4-3-5-10(8)14/h3-7H,1-2H3. The number of hydrogen-bond donors (Lipinski definition) is 0. The van der Waals surface area contributed by atoms with Crippen molar-refractivity contribution >= 4 is 32.9 Å². The average Bonchev–Trinajstić information content (AvgIpc) is 2.61. The predicted octanol–water partition coefficient (Wildman–Crippen LogP) is 2.93. The van der Waals surface area contributed by atoms with E-state index in [1.165, 1.54) is 0 Å². The number of rotatable bonds is 0. The molecule has 2 rings (SSSR count). The summed E-state index contributed by atoms with van der Waals surface area (Å²) in [5.41, 5.74) is 0.920. The van der Waals surface area contributed by atoms with Crippen LogP contribution in [0.15, 0.2) is 34.9 Å². The van der Waals surface area contributed by atoms with Gasteiger partial charge in [0.25, 0.3) is 0 Å². The van der Waals surface area contributed by atoms with Crippen LogP contribution in [0.4, 0.5) is 4.79 Å². The van der Waals surface area contributed by atoms with Crippen molar-refractivity contribution in [1.29, 1.82) is 0 Å². The first kappa shape index (κ1) is 10.2. The van der Waals surface area contributed by atoms with Crippen LogP contribution in [0.2, 0.25) is 0 Å². The number of nitrogens with zero attached hydrogens (tertiary/aromatic N) is 2. The molecule has 78 valence electrons. The summed E-state index contributed by atoms with van der Waals surface area (Å²) in [6.07, 6.45) is 1.79. The highest BCUT2D eigenvalue weighted by molar-refractivity contribution is 9.10. The number of amides is 1. The van der Waals surface area contributed by atoms with E-state index in [9.17, 15) is 4.79 Å². The van der Waals surface area contributed by atoms with Crippen molar-refractivity contribution in [1.82, 2.24) is 9.47 Å². The summed E-state index contributed by atoms with van der Waals surface area (Å²) >= 11 is 3.46. The van der Waals surface area contributed by atoms with Gasteiger partial charge in [-0.3, -0.25) is 4.57 Å². The molecule has 0 fully saturated rings. The smallest absolute Gasteiger partial charge is 0.328 e. The highest BCUT2D eigenvalue weighted by Gasteiger charge is 2.11. The zero-order valence-electron chi connectivity index (χ0n) is 8.57. The van der Waals surface area contributed by atoms with Crippen LogP contribution in [-0.4, -0.2) is 29.6 Å². The molecule has 0 radical (unpaired) electrons. The van der Waals surface area contributed by atoms with E-state index in [0.717, 1.165) is 15.4 Å². The third-order valence-corrected chi connectivity index (χ3v) is 2.96. The van der Waals surface area contributed by atoms with Gasteiger partial charge < -0.3 is 4.90 Å². The molecular weight excluding hydrogens is 256 g/mol. The Morgan fingerprint density at radius 2 is 2.07 bits per heavy atom. The molecule has 0 saturated carbocycles. The zero-order chi connectivity index (χ0) is 11.0. The second-order valence-corrected chi connectivity index (χ2v) is 4.39. The molecule has 0 bridgehead atoms. The number of benzene rings is 1. The Morgan fingerprint density at radius 3 is 2.73 bits per heavy atom. The number of carbonyl (C=O) groups is 1. The Balaban J connectivity index is 2.64. The lowest BCUT2D eigenvalue weighted by Gasteiger charge is -2.11. The molecular formula is C11H11BrN2O. The van der Waals surface area contributed by atoms with Crippen molar-refractivity contribution in [2.75, 3.05) is 14.1 Å². The summed E-state index contributed by atoms with van der Waals surface area (Å²) in [6, 6.07) is 7.71. The fraction of sp³-hybridized carbons (Fsp3) is 0.182. The Kier molecular flexibility index (Phi) is 2.52. The molecule has 0 spiro atoms. The second kappa shape index (κ2) is 3.70. The van der Waals surface area contributed by atoms with Crippen molar-refractivity contribution < 1.29 is 4.79 Å². The first-order valence-electron chi connectivity index (χ1n) is 4.58. The quantitative estimate of drug-likeness (QED) is 0.720. The molecule has 3 nitrogen and oxygen atoms in total. The van der Waals surface area contributed by atoms with Gasteiger partial charge in [0.15, 0.2) is 0 Å². The van der Waals surface area contributed by atoms with Crippen LogP contribution in [0.5, 0.6) is 0 Å². The average molecular weight is 267 g/mol. The fourth-order valence-corrected chi connectivity index (χ4v) is 2.00. The van der Waals surface area contributed by atoms with Gasteiger partial charge >= 0.3 is 6.03 Å². The summed E-state index contributed by atoms with van der Waals surface area (Å²) in [4.78, 5) is 13.4. The van der Waals surface area contributed by atoms with E-state index >= 15 is 0 Å². The molecule has 0 aliphatic heterocycles. The maximum atomic E-state index is 11.8. The van der Waals surface area contributed by atoms with Gasteiger partial charge in [-0.15, -0.1) is 0 Å². The topological polar surface area (TPSA) is 25.2 Å². The highest BCUT2D eigenvalue weighted by Crippen LogP contribution is 2.24. The molecule has 0 aliphatic rings. The number of hydrogen-bond acceptors (Lipinski definition) is 1. The summed E-state index contributed by atoms with van der Waals surface area (Å²) in [5.74, 6) is 0. The third-order valence-electron chi connectivity index (χ3n) is 2.27. The fourth-order valence-electron chi connectivity index (χ4n) is 1.51. The Morgan fingerprint density at radius 1 is 1.33 bits per heavy atom. The van der Waals surface area contributed by atoms with Gasteiger partial charge in [0.05, 0.1) is 5.52 Å². The van der Waals surface area contributed by atoms with Crippen molar-refractivity contribution in [2.24, 2.45) is 0 Å². The summed E-state index contributed by atoms with van der Waals surface area (Å²) in [5, 5.41) is 1.05. The second-order valence-electron chi connectivity index (χ2n) is 3.54. The predicted molar refractivity (Wildman–Crippen MR) is 64.1 cm³/mol. The van der Waals surface area contributed by atoms with Crippen LogP contribution in [0, 0.1) is 0 Å². The molecule has 4 heteroatoms. The summed E-state index contributed by atoms with van der Waals surface area (Å²) in [7, 11) is 3.48. The molecule has 2 aromatic rings. The number of halogens is 1. The maximum Gasteiger partial charge on any atom is 0.328 e. The minimum absolute atomic E-state index is 0.0388. The molecule has 0 saturated heterocycles. The SMILES string of the molecule is CN(C)C(=O)n1ccc2c(Br)cccc21. The minimum atomic E-state index is -0.0388. The van der Waals surface area contributed by atoms with E-state index in [1.807, 2.05) is 24.3 Å². The molecule has 0 unspecified atom stereocenters. The van der Waals surface area contributed by atoms with Gasteiger partial charge in [-0.2, -0.15) is 0 Å². The number of carbonyl (C=O) groups excluding carboxylic acids is 1. The van der Waals surface area contributed by atoms with E-state index in [0.29, 0.717) is 0 Å². The maximum absolute atomic E-state index is 11.8. The highest BCUT2D eigenvalue weighted by atomic mass is 79.9. The Bertz CT molecular complexity index is 516. The molecule has 15 heavy (non-hydrogen) atoms. The van der Waals surface area contributed by atoms with Crippen molar-refractivity contribution in [3.8, 4) is 0 Å². The van der Waals surface area contributed by atoms with Crippen molar-refractivity contribution in [2.45, 2.75) is 0 Å². The summed E-state index contributed by atoms with van der Waals surface area (Å²) < 4.78 is 2.64. The molecule has 1 aromatic carbocycles. The van der Waals surface area contributed by atoms with E-state index in [1.54, 1.807) is 29.8 Å². The van der Waals surface area contributed by atoms with E-state index in [-0.39, 0.29) is 6.03 Å². The number of aromatic nitrogens is 1. The monoisotopic (exact) mass is 266 g/mol. The van der Waals surface area contributed by atoms with Gasteiger partial charge in [-0.1, -0.05) is 22.0 Å². The Labute approximate surface area is 96.4 Å². The van der Waals surface area contributed by atoms with Gasteiger partial charge in [0, 0.05) is 30.2 Å². The molecule has 1 amide bonds. The molecule has 0 aliphatic carbocycles. The largest absolute Gasteiger partial charge is 0.330 e. The third kappa shape index (κ3) is 1.65. The normalized spacial score (nSPS) is 10.6. The molecule has 1 heterocycles. The van der Waals surface area contributed by atoms with Gasteiger partial charge in [-0.05, 0) is 18.2 Å². The van der Waals surface area contributed by atoms with Gasteiger partial charge in [-0.25, -0.2) is 4.79 Å². The van der Waals surface area contributed by atoms with Crippen LogP contribution in [0.1, 0.15) is 0 Å². The van der Waals surface area contributed by atoms with Gasteiger partial charge in [0.2, 0.25) is 0 Å². The lowest BCUT2D eigenvalue weighted by Crippen LogP contribution is -2.26. The van der Waals surface area contributed by atoms with E-state index in [4.69, 9.17) is 0 Å². The summed E-state index contributed by atoms with van der Waals surface area (Å²) in [6.45, 7) is 0. The van der Waals surface area contributed by atoms with Crippen LogP contribution < -0.4 is 0 Å². The molecule has 1 aromatic heterocycles. The molecule has 0 atom stereocenters. The van der Waals surface area contributed by atoms with Gasteiger partial charge in [0.1, 0.15) is 0 Å². The van der Waals surface area contributed by atoms with E-state index < -0.39 is 0 Å². The molecule has 0 N–H and O–H groups in total. The number of fused-ring (bicyclic) bond motifs is 1. The first-order valence-corrected chi connectivity index (χ1v) is 5.38.